The van der Waals surface area contributed by atoms with Gasteiger partial charge in [-0.3, -0.25) is 4.79 Å². The molecule has 0 aliphatic rings. The highest BCUT2D eigenvalue weighted by Crippen LogP contribution is 1.86. The summed E-state index contributed by atoms with van der Waals surface area (Å²) in [5, 5.41) is 26.2. The van der Waals surface area contributed by atoms with Crippen molar-refractivity contribution in [2.45, 2.75) is 19.4 Å². The molecule has 1 aromatic heterocycles. The first-order valence-corrected chi connectivity index (χ1v) is 4.64. The van der Waals surface area contributed by atoms with Gasteiger partial charge in [0.1, 0.15) is 0 Å². The van der Waals surface area contributed by atoms with Gasteiger partial charge >= 0.3 is 12.0 Å². The van der Waals surface area contributed by atoms with E-state index < -0.39 is 12.0 Å². The fraction of sp³-hybridized carbons (Fsp3) is 0.571. The molecule has 1 aromatic rings. The summed E-state index contributed by atoms with van der Waals surface area (Å²) in [6.45, 7) is 0.478. The summed E-state index contributed by atoms with van der Waals surface area (Å²) in [7, 11) is 0. The molecule has 0 atom stereocenters. The van der Waals surface area contributed by atoms with Crippen LogP contribution >= 0.6 is 0 Å². The second-order valence-electron chi connectivity index (χ2n) is 2.93. The Morgan fingerprint density at radius 2 is 2.19 bits per heavy atom. The monoisotopic (exact) mass is 228 g/mol. The Balaban J connectivity index is 2.05. The fourth-order valence-electron chi connectivity index (χ4n) is 0.921. The first-order chi connectivity index (χ1) is 7.68. The van der Waals surface area contributed by atoms with E-state index in [1.54, 1.807) is 0 Å². The molecule has 0 radical (unpaired) electrons. The third-order valence-corrected chi connectivity index (χ3v) is 1.65. The number of hydrogen-bond donors (Lipinski definition) is 4. The number of amides is 2. The van der Waals surface area contributed by atoms with E-state index in [1.165, 1.54) is 0 Å². The van der Waals surface area contributed by atoms with Crippen molar-refractivity contribution in [3.05, 3.63) is 5.82 Å². The number of tetrazole rings is 1. The number of aromatic amines is 1. The SMILES string of the molecule is O=C(O)CCCNC(=O)NCc1nn[nH]n1. The number of carbonyl (C=O) groups excluding carboxylic acids is 1. The van der Waals surface area contributed by atoms with Gasteiger partial charge < -0.3 is 15.7 Å². The predicted molar refractivity (Wildman–Crippen MR) is 51.3 cm³/mol. The maximum absolute atomic E-state index is 11.1. The molecule has 0 aromatic carbocycles. The number of aromatic nitrogens is 4. The summed E-state index contributed by atoms with van der Waals surface area (Å²) < 4.78 is 0. The van der Waals surface area contributed by atoms with Gasteiger partial charge in [0.15, 0.2) is 5.82 Å². The van der Waals surface area contributed by atoms with Gasteiger partial charge in [-0.25, -0.2) is 4.79 Å². The third-order valence-electron chi connectivity index (χ3n) is 1.65. The molecule has 9 nitrogen and oxygen atoms in total. The molecule has 1 heterocycles. The van der Waals surface area contributed by atoms with E-state index >= 15 is 0 Å². The van der Waals surface area contributed by atoms with E-state index in [1.807, 2.05) is 0 Å². The molecular weight excluding hydrogens is 216 g/mol. The standard InChI is InChI=1S/C7H12N6O3/c14-6(15)2-1-3-8-7(16)9-4-5-10-12-13-11-5/h1-4H2,(H,14,15)(H2,8,9,16)(H,10,11,12,13). The van der Waals surface area contributed by atoms with Gasteiger partial charge in [-0.15, -0.1) is 10.2 Å². The number of nitrogens with one attached hydrogen (secondary N) is 3. The Kier molecular flexibility index (Phi) is 4.70. The summed E-state index contributed by atoms with van der Waals surface area (Å²) in [6, 6.07) is -0.393. The summed E-state index contributed by atoms with van der Waals surface area (Å²) in [4.78, 5) is 21.3. The van der Waals surface area contributed by atoms with Gasteiger partial charge in [-0.05, 0) is 6.42 Å². The number of urea groups is 1. The molecule has 0 aliphatic carbocycles. The number of aliphatic carboxylic acids is 1. The lowest BCUT2D eigenvalue weighted by Crippen LogP contribution is -2.35. The molecule has 1 rings (SSSR count). The summed E-state index contributed by atoms with van der Waals surface area (Å²) >= 11 is 0. The molecule has 0 unspecified atom stereocenters. The topological polar surface area (TPSA) is 133 Å². The van der Waals surface area contributed by atoms with Crippen LogP contribution in [0.4, 0.5) is 4.79 Å². The molecule has 88 valence electrons. The van der Waals surface area contributed by atoms with Crippen LogP contribution < -0.4 is 10.6 Å². The number of carbonyl (C=O) groups is 2. The van der Waals surface area contributed by atoms with Gasteiger partial charge in [0.25, 0.3) is 0 Å². The van der Waals surface area contributed by atoms with Crippen LogP contribution in [0.1, 0.15) is 18.7 Å². The highest BCUT2D eigenvalue weighted by molar-refractivity contribution is 5.73. The van der Waals surface area contributed by atoms with Gasteiger partial charge in [0.05, 0.1) is 6.54 Å². The Morgan fingerprint density at radius 1 is 1.38 bits per heavy atom. The van der Waals surface area contributed by atoms with Crippen molar-refractivity contribution in [1.29, 1.82) is 0 Å². The van der Waals surface area contributed by atoms with Crippen LogP contribution in [0.25, 0.3) is 0 Å². The predicted octanol–water partition coefficient (Wildman–Crippen LogP) is -1.14. The molecule has 4 N–H and O–H groups in total. The zero-order valence-corrected chi connectivity index (χ0v) is 8.43. The van der Waals surface area contributed by atoms with Crippen molar-refractivity contribution in [2.24, 2.45) is 0 Å². The Labute approximate surface area is 90.6 Å². The highest BCUT2D eigenvalue weighted by atomic mass is 16.4. The largest absolute Gasteiger partial charge is 0.481 e. The van der Waals surface area contributed by atoms with Crippen LogP contribution in [0.15, 0.2) is 0 Å². The highest BCUT2D eigenvalue weighted by Gasteiger charge is 2.03. The smallest absolute Gasteiger partial charge is 0.315 e. The van der Waals surface area contributed by atoms with Crippen LogP contribution in [0, 0.1) is 0 Å². The minimum Gasteiger partial charge on any atom is -0.481 e. The summed E-state index contributed by atoms with van der Waals surface area (Å²) in [6.07, 6.45) is 0.427. The lowest BCUT2D eigenvalue weighted by molar-refractivity contribution is -0.137. The molecule has 0 bridgehead atoms. The first kappa shape index (κ1) is 11.9. The zero-order chi connectivity index (χ0) is 11.8. The minimum atomic E-state index is -0.881. The fourth-order valence-corrected chi connectivity index (χ4v) is 0.921. The minimum absolute atomic E-state index is 0.0329. The van der Waals surface area contributed by atoms with Gasteiger partial charge in [0.2, 0.25) is 0 Å². The lowest BCUT2D eigenvalue weighted by atomic mass is 10.3. The first-order valence-electron chi connectivity index (χ1n) is 4.64. The van der Waals surface area contributed by atoms with Crippen LogP contribution in [0.2, 0.25) is 0 Å². The Bertz CT molecular complexity index is 338. The van der Waals surface area contributed by atoms with Crippen molar-refractivity contribution in [3.8, 4) is 0 Å². The molecule has 9 heteroatoms. The van der Waals surface area contributed by atoms with Crippen LogP contribution in [-0.4, -0.2) is 44.3 Å². The average molecular weight is 228 g/mol. The average Bonchev–Trinajstić information content (AvgIpc) is 2.74. The number of hydrogen-bond acceptors (Lipinski definition) is 5. The van der Waals surface area contributed by atoms with E-state index in [-0.39, 0.29) is 13.0 Å². The van der Waals surface area contributed by atoms with E-state index in [4.69, 9.17) is 5.11 Å². The number of rotatable bonds is 6. The molecule has 2 amide bonds. The maximum atomic E-state index is 11.1. The van der Waals surface area contributed by atoms with Crippen molar-refractivity contribution >= 4 is 12.0 Å². The second-order valence-corrected chi connectivity index (χ2v) is 2.93. The Morgan fingerprint density at radius 3 is 2.81 bits per heavy atom. The zero-order valence-electron chi connectivity index (χ0n) is 8.43. The molecular formula is C7H12N6O3. The molecule has 0 spiro atoms. The number of carboxylic acids is 1. The Hall–Kier alpha value is -2.19. The summed E-state index contributed by atoms with van der Waals surface area (Å²) in [5.41, 5.74) is 0. The molecule has 0 aliphatic heterocycles. The third kappa shape index (κ3) is 4.88. The molecule has 16 heavy (non-hydrogen) atoms. The molecule has 0 fully saturated rings. The summed E-state index contributed by atoms with van der Waals surface area (Å²) in [5.74, 6) is -0.505. The van der Waals surface area contributed by atoms with Crippen molar-refractivity contribution < 1.29 is 14.7 Å². The van der Waals surface area contributed by atoms with Crippen molar-refractivity contribution in [3.63, 3.8) is 0 Å². The van der Waals surface area contributed by atoms with Crippen LogP contribution in [-0.2, 0) is 11.3 Å². The van der Waals surface area contributed by atoms with Crippen LogP contribution in [0.3, 0.4) is 0 Å². The number of carboxylic acid groups (broad SMARTS) is 1. The van der Waals surface area contributed by atoms with E-state index in [2.05, 4.69) is 31.3 Å². The van der Waals surface area contributed by atoms with Crippen LogP contribution in [0.5, 0.6) is 0 Å². The van der Waals surface area contributed by atoms with E-state index in [0.717, 1.165) is 0 Å². The van der Waals surface area contributed by atoms with Gasteiger partial charge in [-0.2, -0.15) is 5.21 Å². The normalized spacial score (nSPS) is 9.75. The van der Waals surface area contributed by atoms with Crippen molar-refractivity contribution in [2.75, 3.05) is 6.54 Å². The maximum Gasteiger partial charge on any atom is 0.315 e. The number of H-pyrrole nitrogens is 1. The quantitative estimate of drug-likeness (QED) is 0.455. The lowest BCUT2D eigenvalue weighted by Gasteiger charge is -2.04. The second kappa shape index (κ2) is 6.32. The number of nitrogens with zero attached hydrogens (tertiary/aromatic N) is 3. The van der Waals surface area contributed by atoms with Gasteiger partial charge in [-0.1, -0.05) is 5.21 Å². The van der Waals surface area contributed by atoms with E-state index in [9.17, 15) is 9.59 Å². The van der Waals surface area contributed by atoms with E-state index in [0.29, 0.717) is 18.8 Å². The van der Waals surface area contributed by atoms with Gasteiger partial charge in [0, 0.05) is 13.0 Å². The molecule has 0 saturated heterocycles. The van der Waals surface area contributed by atoms with Crippen molar-refractivity contribution in [1.82, 2.24) is 31.3 Å². The molecule has 0 saturated carbocycles.